The van der Waals surface area contributed by atoms with Crippen molar-refractivity contribution in [2.45, 2.75) is 84.2 Å². The molecule has 0 aromatic heterocycles. The van der Waals surface area contributed by atoms with Crippen molar-refractivity contribution < 1.29 is 14.0 Å². The predicted octanol–water partition coefficient (Wildman–Crippen LogP) is 4.96. The van der Waals surface area contributed by atoms with Gasteiger partial charge in [0.2, 0.25) is 0 Å². The van der Waals surface area contributed by atoms with Gasteiger partial charge >= 0.3 is 6.09 Å². The monoisotopic (exact) mass is 341 g/mol. The lowest BCUT2D eigenvalue weighted by molar-refractivity contribution is 0.00690. The van der Waals surface area contributed by atoms with E-state index >= 15 is 0 Å². The number of nitrogens with zero attached hydrogens (tertiary/aromatic N) is 1. The molecule has 1 heterocycles. The van der Waals surface area contributed by atoms with Gasteiger partial charge in [-0.2, -0.15) is 0 Å². The van der Waals surface area contributed by atoms with Gasteiger partial charge in [0.1, 0.15) is 5.60 Å². The minimum Gasteiger partial charge on any atom is -0.444 e. The highest BCUT2D eigenvalue weighted by atomic mass is 28.4. The van der Waals surface area contributed by atoms with Crippen molar-refractivity contribution in [3.63, 3.8) is 0 Å². The van der Waals surface area contributed by atoms with Crippen LogP contribution in [0.1, 0.15) is 54.4 Å². The quantitative estimate of drug-likeness (QED) is 0.538. The molecule has 0 unspecified atom stereocenters. The van der Waals surface area contributed by atoms with Crippen molar-refractivity contribution in [2.24, 2.45) is 0 Å². The summed E-state index contributed by atoms with van der Waals surface area (Å²) in [6.45, 7) is 22.2. The molecule has 1 fully saturated rings. The van der Waals surface area contributed by atoms with Gasteiger partial charge in [0.05, 0.1) is 12.6 Å². The van der Waals surface area contributed by atoms with Crippen LogP contribution < -0.4 is 0 Å². The van der Waals surface area contributed by atoms with Crippen molar-refractivity contribution in [1.82, 2.24) is 4.90 Å². The van der Waals surface area contributed by atoms with Gasteiger partial charge in [0.15, 0.2) is 8.32 Å². The Labute approximate surface area is 143 Å². The van der Waals surface area contributed by atoms with E-state index in [1.807, 2.05) is 25.7 Å². The second-order valence-corrected chi connectivity index (χ2v) is 13.9. The van der Waals surface area contributed by atoms with E-state index in [0.29, 0.717) is 13.2 Å². The lowest BCUT2D eigenvalue weighted by Crippen LogP contribution is -2.51. The normalized spacial score (nSPS) is 20.6. The molecule has 0 N–H and O–H groups in total. The fraction of sp³-hybridized carbons (Fsp3) is 0.833. The maximum atomic E-state index is 12.5. The fourth-order valence-corrected chi connectivity index (χ4v) is 3.28. The van der Waals surface area contributed by atoms with Crippen LogP contribution in [0.3, 0.4) is 0 Å². The second kappa shape index (κ2) is 6.97. The molecule has 1 rings (SSSR count). The number of likely N-dealkylation sites (tertiary alicyclic amines) is 1. The Morgan fingerprint density at radius 3 is 2.30 bits per heavy atom. The highest BCUT2D eigenvalue weighted by Gasteiger charge is 2.39. The average Bonchev–Trinajstić information content (AvgIpc) is 2.32. The smallest absolute Gasteiger partial charge is 0.410 e. The number of rotatable bonds is 3. The molecule has 5 heteroatoms. The van der Waals surface area contributed by atoms with Crippen LogP contribution >= 0.6 is 0 Å². The maximum absolute atomic E-state index is 12.5. The number of piperidine rings is 1. The second-order valence-electron chi connectivity index (χ2n) is 9.10. The number of amides is 1. The van der Waals surface area contributed by atoms with Gasteiger partial charge in [-0.3, -0.25) is 0 Å². The average molecular weight is 342 g/mol. The number of hydrogen-bond donors (Lipinski definition) is 0. The minimum absolute atomic E-state index is 0.0280. The Hall–Kier alpha value is -0.813. The zero-order valence-corrected chi connectivity index (χ0v) is 17.3. The third-order valence-electron chi connectivity index (χ3n) is 4.74. The molecule has 1 amide bonds. The van der Waals surface area contributed by atoms with E-state index in [4.69, 9.17) is 9.16 Å². The minimum atomic E-state index is -1.83. The third kappa shape index (κ3) is 5.96. The molecule has 0 aromatic carbocycles. The van der Waals surface area contributed by atoms with E-state index in [2.05, 4.69) is 40.4 Å². The molecule has 1 atom stereocenters. The van der Waals surface area contributed by atoms with Gasteiger partial charge in [-0.05, 0) is 51.7 Å². The summed E-state index contributed by atoms with van der Waals surface area (Å²) in [6, 6.07) is 0.0280. The Kier molecular flexibility index (Phi) is 6.13. The topological polar surface area (TPSA) is 38.8 Å². The Bertz CT molecular complexity index is 446. The zero-order chi connectivity index (χ0) is 18.1. The number of hydrogen-bond acceptors (Lipinski definition) is 3. The first-order valence-electron chi connectivity index (χ1n) is 8.53. The summed E-state index contributed by atoms with van der Waals surface area (Å²) in [5, 5.41) is 0.162. The zero-order valence-electron chi connectivity index (χ0n) is 16.3. The number of carbonyl (C=O) groups excluding carboxylic acids is 1. The Morgan fingerprint density at radius 2 is 1.83 bits per heavy atom. The molecule has 134 valence electrons. The van der Waals surface area contributed by atoms with Crippen molar-refractivity contribution in [3.8, 4) is 0 Å². The van der Waals surface area contributed by atoms with Crippen molar-refractivity contribution in [3.05, 3.63) is 12.2 Å². The number of ether oxygens (including phenoxy) is 1. The number of carbonyl (C=O) groups is 1. The molecule has 0 spiro atoms. The molecule has 4 nitrogen and oxygen atoms in total. The molecular weight excluding hydrogens is 306 g/mol. The lowest BCUT2D eigenvalue weighted by atomic mass is 9.99. The first kappa shape index (κ1) is 20.2. The molecular formula is C18H35NO3Si. The third-order valence-corrected chi connectivity index (χ3v) is 9.24. The van der Waals surface area contributed by atoms with Gasteiger partial charge in [-0.15, -0.1) is 0 Å². The molecule has 0 aromatic rings. The van der Waals surface area contributed by atoms with Gasteiger partial charge in [0.25, 0.3) is 0 Å². The molecule has 0 aliphatic carbocycles. The fourth-order valence-electron chi connectivity index (χ4n) is 2.24. The van der Waals surface area contributed by atoms with Gasteiger partial charge in [-0.1, -0.05) is 32.9 Å². The van der Waals surface area contributed by atoms with Gasteiger partial charge in [0, 0.05) is 6.54 Å². The Morgan fingerprint density at radius 1 is 1.26 bits per heavy atom. The van der Waals surface area contributed by atoms with Crippen LogP contribution in [0.2, 0.25) is 18.1 Å². The molecule has 1 aliphatic heterocycles. The van der Waals surface area contributed by atoms with E-state index < -0.39 is 13.9 Å². The van der Waals surface area contributed by atoms with Crippen LogP contribution in [0, 0.1) is 0 Å². The highest BCUT2D eigenvalue weighted by molar-refractivity contribution is 6.74. The van der Waals surface area contributed by atoms with E-state index in [1.165, 1.54) is 5.57 Å². The van der Waals surface area contributed by atoms with Crippen LogP contribution in [-0.2, 0) is 9.16 Å². The summed E-state index contributed by atoms with van der Waals surface area (Å²) in [5.41, 5.74) is 0.713. The summed E-state index contributed by atoms with van der Waals surface area (Å²) in [4.78, 5) is 14.3. The molecule has 0 saturated carbocycles. The summed E-state index contributed by atoms with van der Waals surface area (Å²) >= 11 is 0. The molecule has 0 bridgehead atoms. The highest BCUT2D eigenvalue weighted by Crippen LogP contribution is 2.37. The van der Waals surface area contributed by atoms with Crippen molar-refractivity contribution in [1.29, 1.82) is 0 Å². The summed E-state index contributed by atoms with van der Waals surface area (Å²) < 4.78 is 11.9. The Balaban J connectivity index is 2.78. The van der Waals surface area contributed by atoms with Crippen LogP contribution in [-0.4, -0.2) is 44.1 Å². The summed E-state index contributed by atoms with van der Waals surface area (Å²) in [6.07, 6.45) is 1.40. The molecule has 0 radical (unpaired) electrons. The van der Waals surface area contributed by atoms with Crippen LogP contribution in [0.4, 0.5) is 4.79 Å². The van der Waals surface area contributed by atoms with Crippen molar-refractivity contribution in [2.75, 3.05) is 13.2 Å². The van der Waals surface area contributed by atoms with E-state index in [-0.39, 0.29) is 17.2 Å². The standard InChI is InChI=1S/C18H35NO3Si/c1-14-10-11-19(16(20)22-17(2,3)4)15(12-14)13-21-23(8,9)18(5,6)7/h15H,1,10-13H2,2-9H3/t15-/m0/s1. The van der Waals surface area contributed by atoms with Crippen molar-refractivity contribution >= 4 is 14.4 Å². The molecule has 1 saturated heterocycles. The first-order valence-corrected chi connectivity index (χ1v) is 11.4. The maximum Gasteiger partial charge on any atom is 0.410 e. The largest absolute Gasteiger partial charge is 0.444 e. The molecule has 1 aliphatic rings. The molecule has 23 heavy (non-hydrogen) atoms. The van der Waals surface area contributed by atoms with Crippen LogP contribution in [0.5, 0.6) is 0 Å². The van der Waals surface area contributed by atoms with E-state index in [9.17, 15) is 4.79 Å². The summed E-state index contributed by atoms with van der Waals surface area (Å²) in [5.74, 6) is 0. The van der Waals surface area contributed by atoms with Gasteiger partial charge < -0.3 is 14.1 Å². The summed E-state index contributed by atoms with van der Waals surface area (Å²) in [7, 11) is -1.83. The van der Waals surface area contributed by atoms with E-state index in [0.717, 1.165) is 12.8 Å². The van der Waals surface area contributed by atoms with Crippen LogP contribution in [0.15, 0.2) is 12.2 Å². The van der Waals surface area contributed by atoms with E-state index in [1.54, 1.807) is 0 Å². The first-order chi connectivity index (χ1) is 10.2. The lowest BCUT2D eigenvalue weighted by Gasteiger charge is -2.41. The van der Waals surface area contributed by atoms with Gasteiger partial charge in [-0.25, -0.2) is 4.79 Å². The predicted molar refractivity (Wildman–Crippen MR) is 98.3 cm³/mol. The SMILES string of the molecule is C=C1CCN(C(=O)OC(C)(C)C)[C@H](CO[Si](C)(C)C(C)(C)C)C1. The van der Waals surface area contributed by atoms with Crippen LogP contribution in [0.25, 0.3) is 0 Å².